The third kappa shape index (κ3) is 6.62. The van der Waals surface area contributed by atoms with Crippen LogP contribution in [0.15, 0.2) is 24.3 Å². The first-order chi connectivity index (χ1) is 9.88. The molecule has 120 valence electrons. The molecule has 0 bridgehead atoms. The van der Waals surface area contributed by atoms with Crippen LogP contribution in [-0.2, 0) is 11.2 Å². The van der Waals surface area contributed by atoms with Gasteiger partial charge in [0.05, 0.1) is 18.2 Å². The van der Waals surface area contributed by atoms with E-state index in [1.807, 2.05) is 0 Å². The molecular formula is C19H33NO. The molecule has 1 atom stereocenters. The Morgan fingerprint density at radius 3 is 2.19 bits per heavy atom. The summed E-state index contributed by atoms with van der Waals surface area (Å²) in [4.78, 5) is 0. The largest absolute Gasteiger partial charge is 0.374 e. The number of likely N-dealkylation sites (N-methyl/N-ethyl adjacent to an activating group) is 1. The molecule has 0 saturated heterocycles. The molecular weight excluding hydrogens is 258 g/mol. The standard InChI is InChI=1S/C19H33NO/c1-7-19(5,6)21-14-18(20-8-2)17-11-9-16(10-12-17)13-15(3)4/h9-12,15,18,20H,7-8,13-14H2,1-6H3. The summed E-state index contributed by atoms with van der Waals surface area (Å²) in [5, 5.41) is 3.53. The first kappa shape index (κ1) is 18.2. The number of nitrogens with one attached hydrogen (secondary N) is 1. The van der Waals surface area contributed by atoms with E-state index in [4.69, 9.17) is 4.74 Å². The summed E-state index contributed by atoms with van der Waals surface area (Å²) < 4.78 is 6.08. The van der Waals surface area contributed by atoms with Crippen LogP contribution in [-0.4, -0.2) is 18.8 Å². The summed E-state index contributed by atoms with van der Waals surface area (Å²) >= 11 is 0. The first-order valence-electron chi connectivity index (χ1n) is 8.34. The Hall–Kier alpha value is -0.860. The van der Waals surface area contributed by atoms with E-state index in [2.05, 4.69) is 71.1 Å². The molecule has 0 amide bonds. The second kappa shape index (κ2) is 8.55. The highest BCUT2D eigenvalue weighted by Gasteiger charge is 2.19. The quantitative estimate of drug-likeness (QED) is 0.709. The second-order valence-electron chi connectivity index (χ2n) is 6.87. The fraction of sp³-hybridized carbons (Fsp3) is 0.684. The highest BCUT2D eigenvalue weighted by atomic mass is 16.5. The highest BCUT2D eigenvalue weighted by Crippen LogP contribution is 2.20. The van der Waals surface area contributed by atoms with Gasteiger partial charge in [-0.15, -0.1) is 0 Å². The molecule has 0 fully saturated rings. The molecule has 0 aliphatic carbocycles. The molecule has 1 aromatic carbocycles. The lowest BCUT2D eigenvalue weighted by Crippen LogP contribution is -2.31. The summed E-state index contributed by atoms with van der Waals surface area (Å²) in [6.45, 7) is 14.8. The van der Waals surface area contributed by atoms with Crippen molar-refractivity contribution in [3.8, 4) is 0 Å². The Bertz CT molecular complexity index is 395. The van der Waals surface area contributed by atoms with Gasteiger partial charge >= 0.3 is 0 Å². The van der Waals surface area contributed by atoms with E-state index in [1.165, 1.54) is 11.1 Å². The normalized spacial score (nSPS) is 13.7. The van der Waals surface area contributed by atoms with Crippen molar-refractivity contribution >= 4 is 0 Å². The van der Waals surface area contributed by atoms with Crippen LogP contribution in [0.3, 0.4) is 0 Å². The zero-order valence-corrected chi connectivity index (χ0v) is 14.7. The highest BCUT2D eigenvalue weighted by molar-refractivity contribution is 5.25. The van der Waals surface area contributed by atoms with E-state index in [0.717, 1.165) is 26.0 Å². The van der Waals surface area contributed by atoms with E-state index in [9.17, 15) is 0 Å². The van der Waals surface area contributed by atoms with E-state index in [-0.39, 0.29) is 11.6 Å². The van der Waals surface area contributed by atoms with E-state index in [0.29, 0.717) is 5.92 Å². The average molecular weight is 291 g/mol. The van der Waals surface area contributed by atoms with E-state index in [1.54, 1.807) is 0 Å². The predicted molar refractivity (Wildman–Crippen MR) is 91.7 cm³/mol. The molecule has 1 aromatic rings. The topological polar surface area (TPSA) is 21.3 Å². The van der Waals surface area contributed by atoms with E-state index >= 15 is 0 Å². The van der Waals surface area contributed by atoms with Gasteiger partial charge < -0.3 is 10.1 Å². The summed E-state index contributed by atoms with van der Waals surface area (Å²) in [6.07, 6.45) is 2.17. The summed E-state index contributed by atoms with van der Waals surface area (Å²) in [6, 6.07) is 9.27. The Balaban J connectivity index is 2.71. The monoisotopic (exact) mass is 291 g/mol. The van der Waals surface area contributed by atoms with Gasteiger partial charge in [-0.25, -0.2) is 0 Å². The predicted octanol–water partition coefficient (Wildman–Crippen LogP) is 4.74. The lowest BCUT2D eigenvalue weighted by molar-refractivity contribution is -0.0306. The second-order valence-corrected chi connectivity index (χ2v) is 6.87. The van der Waals surface area contributed by atoms with Crippen LogP contribution < -0.4 is 5.32 Å². The van der Waals surface area contributed by atoms with Crippen LogP contribution in [0.1, 0.15) is 65.1 Å². The van der Waals surface area contributed by atoms with Gasteiger partial charge in [-0.3, -0.25) is 0 Å². The van der Waals surface area contributed by atoms with Crippen molar-refractivity contribution in [3.63, 3.8) is 0 Å². The Morgan fingerprint density at radius 1 is 1.10 bits per heavy atom. The van der Waals surface area contributed by atoms with Crippen LogP contribution in [0.25, 0.3) is 0 Å². The zero-order chi connectivity index (χ0) is 15.9. The van der Waals surface area contributed by atoms with Gasteiger partial charge in [-0.1, -0.05) is 52.0 Å². The number of rotatable bonds is 9. The van der Waals surface area contributed by atoms with Crippen LogP contribution in [0.2, 0.25) is 0 Å². The molecule has 0 heterocycles. The van der Waals surface area contributed by atoms with Gasteiger partial charge in [0.15, 0.2) is 0 Å². The Labute approximate surface area is 131 Å². The zero-order valence-electron chi connectivity index (χ0n) is 14.7. The maximum atomic E-state index is 6.08. The van der Waals surface area contributed by atoms with Crippen molar-refractivity contribution in [2.45, 2.75) is 66.0 Å². The average Bonchev–Trinajstić information content (AvgIpc) is 2.44. The Kier molecular flexibility index (Phi) is 7.41. The van der Waals surface area contributed by atoms with Gasteiger partial charge in [0.2, 0.25) is 0 Å². The fourth-order valence-corrected chi connectivity index (χ4v) is 2.29. The molecule has 1 unspecified atom stereocenters. The molecule has 0 aliphatic heterocycles. The minimum absolute atomic E-state index is 0.0503. The molecule has 0 aliphatic rings. The third-order valence-corrected chi connectivity index (χ3v) is 3.97. The number of ether oxygens (including phenoxy) is 1. The van der Waals surface area contributed by atoms with Crippen LogP contribution in [0.5, 0.6) is 0 Å². The van der Waals surface area contributed by atoms with Crippen molar-refractivity contribution in [1.82, 2.24) is 5.32 Å². The minimum Gasteiger partial charge on any atom is -0.374 e. The molecule has 0 aromatic heterocycles. The van der Waals surface area contributed by atoms with Crippen molar-refractivity contribution in [3.05, 3.63) is 35.4 Å². The van der Waals surface area contributed by atoms with Crippen molar-refractivity contribution in [2.24, 2.45) is 5.92 Å². The number of hydrogen-bond acceptors (Lipinski definition) is 2. The maximum Gasteiger partial charge on any atom is 0.0668 e. The molecule has 0 radical (unpaired) electrons. The lowest BCUT2D eigenvalue weighted by Gasteiger charge is -2.27. The van der Waals surface area contributed by atoms with Gasteiger partial charge in [-0.2, -0.15) is 0 Å². The molecule has 0 saturated carbocycles. The van der Waals surface area contributed by atoms with Gasteiger partial charge in [0, 0.05) is 0 Å². The first-order valence-corrected chi connectivity index (χ1v) is 8.34. The smallest absolute Gasteiger partial charge is 0.0668 e. The third-order valence-electron chi connectivity index (χ3n) is 3.97. The lowest BCUT2D eigenvalue weighted by atomic mass is 9.99. The Morgan fingerprint density at radius 2 is 1.71 bits per heavy atom. The number of benzene rings is 1. The minimum atomic E-state index is -0.0503. The molecule has 1 rings (SSSR count). The molecule has 2 nitrogen and oxygen atoms in total. The summed E-state index contributed by atoms with van der Waals surface area (Å²) in [7, 11) is 0. The fourth-order valence-electron chi connectivity index (χ4n) is 2.29. The van der Waals surface area contributed by atoms with Crippen LogP contribution in [0, 0.1) is 5.92 Å². The van der Waals surface area contributed by atoms with Gasteiger partial charge in [0.1, 0.15) is 0 Å². The molecule has 21 heavy (non-hydrogen) atoms. The van der Waals surface area contributed by atoms with Gasteiger partial charge in [-0.05, 0) is 50.3 Å². The van der Waals surface area contributed by atoms with Crippen molar-refractivity contribution in [2.75, 3.05) is 13.2 Å². The summed E-state index contributed by atoms with van der Waals surface area (Å²) in [5.41, 5.74) is 2.68. The van der Waals surface area contributed by atoms with Crippen molar-refractivity contribution < 1.29 is 4.74 Å². The maximum absolute atomic E-state index is 6.08. The van der Waals surface area contributed by atoms with Gasteiger partial charge in [0.25, 0.3) is 0 Å². The van der Waals surface area contributed by atoms with Crippen LogP contribution in [0.4, 0.5) is 0 Å². The van der Waals surface area contributed by atoms with Crippen LogP contribution >= 0.6 is 0 Å². The molecule has 1 N–H and O–H groups in total. The molecule has 2 heteroatoms. The SMILES string of the molecule is CCNC(COC(C)(C)CC)c1ccc(CC(C)C)cc1. The summed E-state index contributed by atoms with van der Waals surface area (Å²) in [5.74, 6) is 0.703. The van der Waals surface area contributed by atoms with E-state index < -0.39 is 0 Å². The van der Waals surface area contributed by atoms with Crippen molar-refractivity contribution in [1.29, 1.82) is 0 Å². The number of hydrogen-bond donors (Lipinski definition) is 1. The molecule has 0 spiro atoms.